The van der Waals surface area contributed by atoms with E-state index in [4.69, 9.17) is 4.74 Å². The van der Waals surface area contributed by atoms with E-state index in [1.165, 1.54) is 12.3 Å². The number of carboxylic acids is 1. The van der Waals surface area contributed by atoms with Gasteiger partial charge in [-0.2, -0.15) is 0 Å². The van der Waals surface area contributed by atoms with E-state index in [0.29, 0.717) is 54.2 Å². The number of pyridine rings is 1. The number of halogens is 2. The van der Waals surface area contributed by atoms with E-state index >= 15 is 0 Å². The average Bonchev–Trinajstić information content (AvgIpc) is 3.11. The molecule has 31 heavy (non-hydrogen) atoms. The van der Waals surface area contributed by atoms with E-state index in [-0.39, 0.29) is 11.1 Å². The van der Waals surface area contributed by atoms with Crippen molar-refractivity contribution in [3.8, 4) is 5.69 Å². The summed E-state index contributed by atoms with van der Waals surface area (Å²) in [6, 6.07) is 7.69. The molecule has 1 aliphatic rings. The van der Waals surface area contributed by atoms with Crippen molar-refractivity contribution in [1.82, 2.24) is 14.5 Å². The number of nitrogens with zero attached hydrogens (tertiary/aromatic N) is 4. The van der Waals surface area contributed by atoms with Crippen LogP contribution in [0.5, 0.6) is 0 Å². The summed E-state index contributed by atoms with van der Waals surface area (Å²) in [5, 5.41) is 10.2. The van der Waals surface area contributed by atoms with Gasteiger partial charge in [-0.05, 0) is 37.3 Å². The number of anilines is 1. The molecule has 1 saturated heterocycles. The predicted octanol–water partition coefficient (Wildman–Crippen LogP) is 3.70. The van der Waals surface area contributed by atoms with E-state index in [9.17, 15) is 18.7 Å². The van der Waals surface area contributed by atoms with Gasteiger partial charge in [-0.15, -0.1) is 0 Å². The molecule has 0 spiro atoms. The van der Waals surface area contributed by atoms with Gasteiger partial charge in [-0.1, -0.05) is 0 Å². The van der Waals surface area contributed by atoms with E-state index in [1.54, 1.807) is 23.6 Å². The lowest BCUT2D eigenvalue weighted by Crippen LogP contribution is -2.36. The van der Waals surface area contributed by atoms with Gasteiger partial charge in [-0.25, -0.2) is 18.6 Å². The van der Waals surface area contributed by atoms with Gasteiger partial charge in [0, 0.05) is 30.4 Å². The van der Waals surface area contributed by atoms with Crippen LogP contribution in [0.15, 0.2) is 36.5 Å². The monoisotopic (exact) mass is 424 g/mol. The molecule has 1 fully saturated rings. The summed E-state index contributed by atoms with van der Waals surface area (Å²) >= 11 is 0. The molecule has 0 amide bonds. The zero-order valence-corrected chi connectivity index (χ0v) is 16.6. The fourth-order valence-electron chi connectivity index (χ4n) is 4.09. The lowest BCUT2D eigenvalue weighted by atomic mass is 10.1. The third-order valence-electron chi connectivity index (χ3n) is 5.54. The molecule has 2 aromatic heterocycles. The summed E-state index contributed by atoms with van der Waals surface area (Å²) in [4.78, 5) is 22.6. The van der Waals surface area contributed by atoms with Crippen LogP contribution in [0.2, 0.25) is 0 Å². The topological polar surface area (TPSA) is 80.5 Å². The van der Waals surface area contributed by atoms with Crippen molar-refractivity contribution in [3.63, 3.8) is 0 Å². The number of morpholine rings is 1. The summed E-state index contributed by atoms with van der Waals surface area (Å²) in [6.45, 7) is 4.13. The number of fused-ring (bicyclic) bond motifs is 2. The van der Waals surface area contributed by atoms with E-state index in [2.05, 4.69) is 14.9 Å². The number of aromatic nitrogens is 3. The van der Waals surface area contributed by atoms with Crippen LogP contribution in [0.3, 0.4) is 0 Å². The molecule has 0 radical (unpaired) electrons. The molecule has 1 N–H and O–H groups in total. The molecule has 5 rings (SSSR count). The highest BCUT2D eigenvalue weighted by molar-refractivity contribution is 6.04. The number of hydrogen-bond donors (Lipinski definition) is 1. The van der Waals surface area contributed by atoms with Gasteiger partial charge in [0.15, 0.2) is 11.6 Å². The molecule has 2 aromatic carbocycles. The van der Waals surface area contributed by atoms with Gasteiger partial charge in [0.2, 0.25) is 0 Å². The first kappa shape index (κ1) is 19.4. The van der Waals surface area contributed by atoms with E-state index in [1.807, 2.05) is 6.07 Å². The lowest BCUT2D eigenvalue weighted by molar-refractivity contribution is 0.0699. The summed E-state index contributed by atoms with van der Waals surface area (Å²) in [7, 11) is 0. The average molecular weight is 424 g/mol. The number of hydrogen-bond acceptors (Lipinski definition) is 5. The van der Waals surface area contributed by atoms with Crippen LogP contribution in [0, 0.1) is 18.6 Å². The van der Waals surface area contributed by atoms with Crippen LogP contribution in [0.25, 0.3) is 27.6 Å². The molecule has 0 atom stereocenters. The van der Waals surface area contributed by atoms with Crippen LogP contribution < -0.4 is 4.90 Å². The van der Waals surface area contributed by atoms with Gasteiger partial charge in [-0.3, -0.25) is 9.55 Å². The number of rotatable bonds is 3. The number of benzene rings is 2. The van der Waals surface area contributed by atoms with Crippen molar-refractivity contribution < 1.29 is 23.4 Å². The number of imidazole rings is 1. The molecular weight excluding hydrogens is 406 g/mol. The van der Waals surface area contributed by atoms with Crippen molar-refractivity contribution in [2.75, 3.05) is 31.2 Å². The number of ether oxygens (including phenoxy) is 1. The SMILES string of the molecule is Cc1nc2c(C(=O)O)cc(N3CCOCC3)cc2n1-c1ccnc2c(F)c(F)ccc12. The molecule has 4 aromatic rings. The Morgan fingerprint density at radius 1 is 1.13 bits per heavy atom. The third-order valence-corrected chi connectivity index (χ3v) is 5.54. The second kappa shape index (κ2) is 7.28. The van der Waals surface area contributed by atoms with Gasteiger partial charge in [0.1, 0.15) is 16.9 Å². The Hall–Kier alpha value is -3.59. The van der Waals surface area contributed by atoms with Crippen LogP contribution in [-0.4, -0.2) is 51.9 Å². The third kappa shape index (κ3) is 3.09. The van der Waals surface area contributed by atoms with E-state index < -0.39 is 17.6 Å². The minimum absolute atomic E-state index is 0.0800. The summed E-state index contributed by atoms with van der Waals surface area (Å²) in [5.74, 6) is -2.57. The lowest BCUT2D eigenvalue weighted by Gasteiger charge is -2.29. The van der Waals surface area contributed by atoms with Crippen LogP contribution in [0.4, 0.5) is 14.5 Å². The fourth-order valence-corrected chi connectivity index (χ4v) is 4.09. The number of aryl methyl sites for hydroxylation is 1. The highest BCUT2D eigenvalue weighted by Crippen LogP contribution is 2.32. The molecule has 9 heteroatoms. The maximum Gasteiger partial charge on any atom is 0.338 e. The maximum atomic E-state index is 14.4. The normalized spacial score (nSPS) is 14.5. The molecule has 0 unspecified atom stereocenters. The quantitative estimate of drug-likeness (QED) is 0.540. The number of aromatic carboxylic acids is 1. The molecule has 0 aliphatic carbocycles. The predicted molar refractivity (Wildman–Crippen MR) is 111 cm³/mol. The van der Waals surface area contributed by atoms with Gasteiger partial charge in [0.05, 0.1) is 30.0 Å². The van der Waals surface area contributed by atoms with Crippen molar-refractivity contribution in [1.29, 1.82) is 0 Å². The first-order valence-electron chi connectivity index (χ1n) is 9.78. The van der Waals surface area contributed by atoms with Crippen molar-refractivity contribution in [3.05, 3.63) is 59.6 Å². The van der Waals surface area contributed by atoms with Crippen LogP contribution in [0.1, 0.15) is 16.2 Å². The maximum absolute atomic E-state index is 14.4. The molecule has 7 nitrogen and oxygen atoms in total. The Morgan fingerprint density at radius 2 is 1.90 bits per heavy atom. The minimum atomic E-state index is -1.09. The minimum Gasteiger partial charge on any atom is -0.478 e. The fraction of sp³-hybridized carbons (Fsp3) is 0.227. The second-order valence-electron chi connectivity index (χ2n) is 7.35. The summed E-state index contributed by atoms with van der Waals surface area (Å²) < 4.78 is 35.3. The molecule has 0 bridgehead atoms. The molecule has 158 valence electrons. The number of carbonyl (C=O) groups is 1. The molecule has 0 saturated carbocycles. The molecule has 3 heterocycles. The Kier molecular flexibility index (Phi) is 4.55. The van der Waals surface area contributed by atoms with E-state index in [0.717, 1.165) is 11.8 Å². The second-order valence-corrected chi connectivity index (χ2v) is 7.35. The Balaban J connectivity index is 1.81. The zero-order valence-electron chi connectivity index (χ0n) is 16.6. The number of carboxylic acid groups (broad SMARTS) is 1. The molecule has 1 aliphatic heterocycles. The van der Waals surface area contributed by atoms with Crippen LogP contribution in [-0.2, 0) is 4.74 Å². The molecular formula is C22H18F2N4O3. The van der Waals surface area contributed by atoms with Gasteiger partial charge >= 0.3 is 5.97 Å². The first-order valence-corrected chi connectivity index (χ1v) is 9.78. The largest absolute Gasteiger partial charge is 0.478 e. The smallest absolute Gasteiger partial charge is 0.338 e. The van der Waals surface area contributed by atoms with Crippen LogP contribution >= 0.6 is 0 Å². The van der Waals surface area contributed by atoms with Crippen molar-refractivity contribution >= 4 is 33.6 Å². The zero-order chi connectivity index (χ0) is 21.7. The standard InChI is InChI=1S/C22H18F2N4O3/c1-12-26-20-15(22(29)30)10-13(27-6-8-31-9-7-27)11-18(20)28(12)17-4-5-25-21-14(17)2-3-16(23)19(21)24/h2-5,10-11H,6-9H2,1H3,(H,29,30). The first-order chi connectivity index (χ1) is 15.0. The van der Waals surface area contributed by atoms with Crippen molar-refractivity contribution in [2.45, 2.75) is 6.92 Å². The van der Waals surface area contributed by atoms with Gasteiger partial charge in [0.25, 0.3) is 0 Å². The highest BCUT2D eigenvalue weighted by Gasteiger charge is 2.22. The summed E-state index contributed by atoms with van der Waals surface area (Å²) in [5.41, 5.74) is 2.16. The summed E-state index contributed by atoms with van der Waals surface area (Å²) in [6.07, 6.45) is 1.40. The highest BCUT2D eigenvalue weighted by atomic mass is 19.2. The Labute approximate surface area is 175 Å². The van der Waals surface area contributed by atoms with Gasteiger partial charge < -0.3 is 14.7 Å². The Bertz CT molecular complexity index is 1350. The Morgan fingerprint density at radius 3 is 2.65 bits per heavy atom. The van der Waals surface area contributed by atoms with Crippen molar-refractivity contribution in [2.24, 2.45) is 0 Å².